The van der Waals surface area contributed by atoms with Crippen molar-refractivity contribution in [3.8, 4) is 0 Å². The third-order valence-electron chi connectivity index (χ3n) is 0.607. The van der Waals surface area contributed by atoms with Crippen molar-refractivity contribution in [2.24, 2.45) is 0 Å². The van der Waals surface area contributed by atoms with Crippen LogP contribution in [0.4, 0.5) is 0 Å². The second kappa shape index (κ2) is 5.48. The predicted molar refractivity (Wildman–Crippen MR) is 27.7 cm³/mol. The average molecular weight is 178 g/mol. The molecule has 0 amide bonds. The first-order valence-electron chi connectivity index (χ1n) is 2.18. The summed E-state index contributed by atoms with van der Waals surface area (Å²) in [6.45, 7) is -0.707. The molecule has 5 nitrogen and oxygen atoms in total. The molecule has 0 aliphatic carbocycles. The second-order valence-electron chi connectivity index (χ2n) is 1.56. The number of aliphatic hydroxyl groups excluding tert-OH is 2. The molecule has 0 saturated carbocycles. The largest absolute Gasteiger partial charge is 1.00 e. The zero-order valence-corrected chi connectivity index (χ0v) is 8.34. The van der Waals surface area contributed by atoms with Crippen molar-refractivity contribution in [1.29, 1.82) is 0 Å². The van der Waals surface area contributed by atoms with Crippen LogP contribution in [0.5, 0.6) is 0 Å². The van der Waals surface area contributed by atoms with Crippen molar-refractivity contribution >= 4 is 10.1 Å². The summed E-state index contributed by atoms with van der Waals surface area (Å²) in [6, 6.07) is 0. The molecule has 7 heteroatoms. The van der Waals surface area contributed by atoms with Gasteiger partial charge in [-0.2, -0.15) is 0 Å². The molecule has 1 atom stereocenters. The fourth-order valence-electron chi connectivity index (χ4n) is 0.288. The van der Waals surface area contributed by atoms with Gasteiger partial charge in [0.2, 0.25) is 0 Å². The van der Waals surface area contributed by atoms with Gasteiger partial charge in [0.1, 0.15) is 0 Å². The van der Waals surface area contributed by atoms with Crippen molar-refractivity contribution < 1.29 is 52.7 Å². The Balaban J connectivity index is 0. The van der Waals surface area contributed by atoms with Crippen LogP contribution in [-0.2, 0) is 10.1 Å². The van der Waals surface area contributed by atoms with E-state index in [-0.39, 0.29) is 29.6 Å². The van der Waals surface area contributed by atoms with Crippen LogP contribution in [-0.4, -0.2) is 41.6 Å². The minimum Gasteiger partial charge on any atom is -0.748 e. The summed E-state index contributed by atoms with van der Waals surface area (Å²) >= 11 is 0. The molecule has 2 N–H and O–H groups in total. The molecule has 0 aliphatic heterocycles. The van der Waals surface area contributed by atoms with Gasteiger partial charge in [-0.15, -0.1) is 0 Å². The monoisotopic (exact) mass is 178 g/mol. The summed E-state index contributed by atoms with van der Waals surface area (Å²) in [5.74, 6) is -0.927. The zero-order valence-electron chi connectivity index (χ0n) is 5.52. The first-order chi connectivity index (χ1) is 3.95. The molecular weight excluding hydrogens is 171 g/mol. The van der Waals surface area contributed by atoms with E-state index >= 15 is 0 Å². The van der Waals surface area contributed by atoms with Crippen LogP contribution in [0.2, 0.25) is 0 Å². The van der Waals surface area contributed by atoms with Crippen LogP contribution < -0.4 is 29.6 Å². The molecule has 0 radical (unpaired) electrons. The summed E-state index contributed by atoms with van der Waals surface area (Å²) in [5.41, 5.74) is 0. The minimum absolute atomic E-state index is 0. The van der Waals surface area contributed by atoms with E-state index in [1.807, 2.05) is 0 Å². The van der Waals surface area contributed by atoms with Crippen LogP contribution in [0.3, 0.4) is 0 Å². The molecule has 0 aromatic heterocycles. The van der Waals surface area contributed by atoms with E-state index in [4.69, 9.17) is 10.2 Å². The molecule has 56 valence electrons. The Bertz CT molecular complexity index is 164. The second-order valence-corrected chi connectivity index (χ2v) is 3.01. The molecule has 0 heterocycles. The Labute approximate surface area is 81.1 Å². The fraction of sp³-hybridized carbons (Fsp3) is 1.00. The van der Waals surface area contributed by atoms with Gasteiger partial charge in [-0.05, 0) is 0 Å². The van der Waals surface area contributed by atoms with Gasteiger partial charge in [-0.1, -0.05) is 0 Å². The zero-order chi connectivity index (χ0) is 7.49. The van der Waals surface area contributed by atoms with Gasteiger partial charge in [0, 0.05) is 0 Å². The molecule has 0 aromatic rings. The molecule has 0 rings (SSSR count). The maximum atomic E-state index is 9.77. The van der Waals surface area contributed by atoms with Gasteiger partial charge < -0.3 is 14.8 Å². The van der Waals surface area contributed by atoms with Crippen LogP contribution in [0.15, 0.2) is 0 Å². The standard InChI is InChI=1S/C3H8O5S.Na/c4-1-3(5)2-9(6,7)8;/h3-5H,1-2H2,(H,6,7,8);/q;+1/p-1. The van der Waals surface area contributed by atoms with Crippen molar-refractivity contribution in [2.45, 2.75) is 6.10 Å². The molecule has 0 bridgehead atoms. The maximum absolute atomic E-state index is 9.77. The van der Waals surface area contributed by atoms with E-state index in [0.29, 0.717) is 0 Å². The fourth-order valence-corrected chi connectivity index (χ4v) is 0.865. The Morgan fingerprint density at radius 3 is 2.00 bits per heavy atom. The number of aliphatic hydroxyl groups is 2. The van der Waals surface area contributed by atoms with E-state index in [2.05, 4.69) is 0 Å². The smallest absolute Gasteiger partial charge is 0.748 e. The van der Waals surface area contributed by atoms with Gasteiger partial charge in [0.25, 0.3) is 0 Å². The molecule has 1 unspecified atom stereocenters. The summed E-state index contributed by atoms with van der Waals surface area (Å²) < 4.78 is 29.3. The topological polar surface area (TPSA) is 97.7 Å². The van der Waals surface area contributed by atoms with Gasteiger partial charge in [0.05, 0.1) is 28.6 Å². The van der Waals surface area contributed by atoms with Gasteiger partial charge >= 0.3 is 29.6 Å². The third kappa shape index (κ3) is 8.83. The summed E-state index contributed by atoms with van der Waals surface area (Å²) in [5, 5.41) is 16.4. The van der Waals surface area contributed by atoms with Crippen molar-refractivity contribution in [3.63, 3.8) is 0 Å². The minimum atomic E-state index is -4.40. The van der Waals surface area contributed by atoms with Crippen LogP contribution in [0.1, 0.15) is 0 Å². The predicted octanol–water partition coefficient (Wildman–Crippen LogP) is -5.11. The Kier molecular flexibility index (Phi) is 7.35. The summed E-state index contributed by atoms with van der Waals surface area (Å²) in [6.07, 6.45) is -1.45. The Morgan fingerprint density at radius 1 is 1.50 bits per heavy atom. The normalized spacial score (nSPS) is 13.9. The first-order valence-corrected chi connectivity index (χ1v) is 3.76. The molecule has 0 spiro atoms. The van der Waals surface area contributed by atoms with E-state index in [1.165, 1.54) is 0 Å². The van der Waals surface area contributed by atoms with Crippen LogP contribution in [0, 0.1) is 0 Å². The molecule has 0 saturated heterocycles. The van der Waals surface area contributed by atoms with Gasteiger partial charge in [0.15, 0.2) is 0 Å². The van der Waals surface area contributed by atoms with E-state index in [9.17, 15) is 13.0 Å². The molecule has 0 aromatic carbocycles. The molecule has 10 heavy (non-hydrogen) atoms. The van der Waals surface area contributed by atoms with Crippen LogP contribution >= 0.6 is 0 Å². The summed E-state index contributed by atoms with van der Waals surface area (Å²) in [4.78, 5) is 0. The van der Waals surface area contributed by atoms with E-state index in [0.717, 1.165) is 0 Å². The van der Waals surface area contributed by atoms with E-state index < -0.39 is 28.6 Å². The Morgan fingerprint density at radius 2 is 1.90 bits per heavy atom. The SMILES string of the molecule is O=S(=O)([O-])CC(O)CO.[Na+]. The quantitative estimate of drug-likeness (QED) is 0.333. The third-order valence-corrected chi connectivity index (χ3v) is 1.40. The molecule has 0 aliphatic rings. The maximum Gasteiger partial charge on any atom is 1.00 e. The van der Waals surface area contributed by atoms with Crippen LogP contribution in [0.25, 0.3) is 0 Å². The number of hydrogen-bond donors (Lipinski definition) is 2. The first kappa shape index (κ1) is 13.4. The number of hydrogen-bond acceptors (Lipinski definition) is 5. The molecule has 0 fully saturated rings. The average Bonchev–Trinajstić information content (AvgIpc) is 1.62. The van der Waals surface area contributed by atoms with Crippen molar-refractivity contribution in [1.82, 2.24) is 0 Å². The van der Waals surface area contributed by atoms with E-state index in [1.54, 1.807) is 0 Å². The number of rotatable bonds is 3. The van der Waals surface area contributed by atoms with Crippen molar-refractivity contribution in [3.05, 3.63) is 0 Å². The molecular formula is C3H7NaO5S. The van der Waals surface area contributed by atoms with Gasteiger partial charge in [-0.3, -0.25) is 0 Å². The van der Waals surface area contributed by atoms with Gasteiger partial charge in [-0.25, -0.2) is 8.42 Å². The summed E-state index contributed by atoms with van der Waals surface area (Å²) in [7, 11) is -4.40. The Hall–Kier alpha value is 0.830. The van der Waals surface area contributed by atoms with Crippen molar-refractivity contribution in [2.75, 3.05) is 12.4 Å².